The number of aryl methyl sites for hydroxylation is 1. The Hall–Kier alpha value is -3.04. The first-order valence-electron chi connectivity index (χ1n) is 11.3. The van der Waals surface area contributed by atoms with Crippen molar-refractivity contribution < 1.29 is 4.79 Å². The monoisotopic (exact) mass is 463 g/mol. The van der Waals surface area contributed by atoms with Gasteiger partial charge >= 0.3 is 0 Å². The van der Waals surface area contributed by atoms with Crippen molar-refractivity contribution in [3.8, 4) is 22.3 Å². The van der Waals surface area contributed by atoms with Crippen LogP contribution in [0.2, 0.25) is 0 Å². The van der Waals surface area contributed by atoms with Gasteiger partial charge in [-0.15, -0.1) is 11.3 Å². The first-order valence-corrected chi connectivity index (χ1v) is 12.2. The molecule has 0 spiro atoms. The van der Waals surface area contributed by atoms with Crippen molar-refractivity contribution in [2.45, 2.75) is 37.6 Å². The Morgan fingerprint density at radius 3 is 2.61 bits per heavy atom. The molecule has 1 N–H and O–H groups in total. The van der Waals surface area contributed by atoms with Crippen LogP contribution in [0.5, 0.6) is 0 Å². The molecule has 1 amide bonds. The topological polar surface area (TPSA) is 80.4 Å². The second-order valence-corrected chi connectivity index (χ2v) is 10.0. The van der Waals surface area contributed by atoms with E-state index in [0.29, 0.717) is 11.4 Å². The van der Waals surface area contributed by atoms with Crippen LogP contribution in [0.1, 0.15) is 41.8 Å². The van der Waals surface area contributed by atoms with E-state index in [1.54, 1.807) is 9.20 Å². The van der Waals surface area contributed by atoms with E-state index >= 15 is 0 Å². The number of rotatable bonds is 6. The molecule has 0 radical (unpaired) electrons. The Morgan fingerprint density at radius 1 is 1.09 bits per heavy atom. The average molecular weight is 464 g/mol. The highest BCUT2D eigenvalue weighted by molar-refractivity contribution is 7.12. The molecule has 4 aromatic rings. The van der Waals surface area contributed by atoms with Gasteiger partial charge in [-0.1, -0.05) is 19.3 Å². The largest absolute Gasteiger partial charge is 0.349 e. The van der Waals surface area contributed by atoms with Gasteiger partial charge in [0.05, 0.1) is 17.3 Å². The van der Waals surface area contributed by atoms with Crippen LogP contribution in [0.4, 0.5) is 0 Å². The molecular weight excluding hydrogens is 434 g/mol. The summed E-state index contributed by atoms with van der Waals surface area (Å²) in [7, 11) is 6.14. The quantitative estimate of drug-likeness (QED) is 0.470. The molecule has 8 nitrogen and oxygen atoms in total. The average Bonchev–Trinajstić information content (AvgIpc) is 3.56. The lowest BCUT2D eigenvalue weighted by atomic mass is 9.80. The molecule has 9 heteroatoms. The van der Waals surface area contributed by atoms with Crippen molar-refractivity contribution in [2.24, 2.45) is 7.05 Å². The first kappa shape index (κ1) is 21.8. The Morgan fingerprint density at radius 2 is 1.88 bits per heavy atom. The number of likely N-dealkylation sites (N-methyl/N-ethyl adjacent to an activating group) is 1. The molecular formula is C24H29N7OS. The van der Waals surface area contributed by atoms with Crippen LogP contribution in [0.15, 0.2) is 42.4 Å². The van der Waals surface area contributed by atoms with Crippen LogP contribution < -0.4 is 5.32 Å². The smallest absolute Gasteiger partial charge is 0.261 e. The van der Waals surface area contributed by atoms with E-state index < -0.39 is 0 Å². The molecule has 0 saturated heterocycles. The summed E-state index contributed by atoms with van der Waals surface area (Å²) in [5.74, 6) is -0.0126. The molecule has 4 heterocycles. The van der Waals surface area contributed by atoms with Gasteiger partial charge in [-0.05, 0) is 43.9 Å². The maximum atomic E-state index is 12.9. The Balaban J connectivity index is 1.33. The molecule has 0 unspecified atom stereocenters. The summed E-state index contributed by atoms with van der Waals surface area (Å²) in [6.07, 6.45) is 15.3. The van der Waals surface area contributed by atoms with Crippen LogP contribution in [0.25, 0.3) is 27.9 Å². The third kappa shape index (κ3) is 4.18. The van der Waals surface area contributed by atoms with Crippen molar-refractivity contribution in [2.75, 3.05) is 20.6 Å². The van der Waals surface area contributed by atoms with Crippen molar-refractivity contribution >= 4 is 22.9 Å². The number of hydrogen-bond acceptors (Lipinski definition) is 6. The highest BCUT2D eigenvalue weighted by Gasteiger charge is 2.34. The standard InChI is InChI=1S/C24H29N7OS/c1-29(2)24(7-5-4-6-8-24)16-26-23(32)21-9-17(15-33-21)20-12-28-31-14-18(10-25-22(20)31)19-11-27-30(3)13-19/h9-15H,4-8,16H2,1-3H3,(H,26,32). The SMILES string of the molecule is CN(C)C1(CNC(=O)c2cc(-c3cnn4cc(-c5cnn(C)c5)cnc34)cs2)CCCCC1. The van der Waals surface area contributed by atoms with Gasteiger partial charge in [0.2, 0.25) is 0 Å². The molecule has 1 aliphatic carbocycles. The van der Waals surface area contributed by atoms with Gasteiger partial charge in [0.1, 0.15) is 0 Å². The number of aromatic nitrogens is 5. The fraction of sp³-hybridized carbons (Fsp3) is 0.417. The lowest BCUT2D eigenvalue weighted by Crippen LogP contribution is -2.53. The number of nitrogens with zero attached hydrogens (tertiary/aromatic N) is 6. The summed E-state index contributed by atoms with van der Waals surface area (Å²) < 4.78 is 3.54. The number of carbonyl (C=O) groups excluding carboxylic acids is 1. The zero-order valence-corrected chi connectivity index (χ0v) is 20.1. The maximum absolute atomic E-state index is 12.9. The molecule has 5 rings (SSSR count). The molecule has 33 heavy (non-hydrogen) atoms. The van der Waals surface area contributed by atoms with E-state index in [1.807, 2.05) is 49.5 Å². The molecule has 0 bridgehead atoms. The molecule has 172 valence electrons. The summed E-state index contributed by atoms with van der Waals surface area (Å²) in [5.41, 5.74) is 4.65. The van der Waals surface area contributed by atoms with Crippen molar-refractivity contribution in [3.63, 3.8) is 0 Å². The zero-order valence-electron chi connectivity index (χ0n) is 19.3. The molecule has 1 aliphatic rings. The summed E-state index contributed by atoms with van der Waals surface area (Å²) in [6, 6.07) is 1.94. The normalized spacial score (nSPS) is 15.9. The van der Waals surface area contributed by atoms with E-state index in [9.17, 15) is 4.79 Å². The van der Waals surface area contributed by atoms with Gasteiger partial charge in [0.25, 0.3) is 5.91 Å². The van der Waals surface area contributed by atoms with Crippen LogP contribution >= 0.6 is 11.3 Å². The fourth-order valence-electron chi connectivity index (χ4n) is 4.72. The molecule has 0 aromatic carbocycles. The predicted molar refractivity (Wildman–Crippen MR) is 130 cm³/mol. The van der Waals surface area contributed by atoms with Crippen molar-refractivity contribution in [3.05, 3.63) is 47.3 Å². The summed E-state index contributed by atoms with van der Waals surface area (Å²) in [5, 5.41) is 13.9. The van der Waals surface area contributed by atoms with Gasteiger partial charge < -0.3 is 10.2 Å². The zero-order chi connectivity index (χ0) is 23.0. The van der Waals surface area contributed by atoms with E-state index in [2.05, 4.69) is 39.5 Å². The van der Waals surface area contributed by atoms with E-state index in [1.165, 1.54) is 30.6 Å². The van der Waals surface area contributed by atoms with Crippen molar-refractivity contribution in [1.82, 2.24) is 34.6 Å². The highest BCUT2D eigenvalue weighted by Crippen LogP contribution is 2.32. The van der Waals surface area contributed by atoms with Crippen LogP contribution in [0.3, 0.4) is 0 Å². The summed E-state index contributed by atoms with van der Waals surface area (Å²) in [6.45, 7) is 0.682. The Bertz CT molecular complexity index is 1280. The Labute approximate surface area is 197 Å². The minimum absolute atomic E-state index is 0.0126. The molecule has 1 fully saturated rings. The number of fused-ring (bicyclic) bond motifs is 1. The van der Waals surface area contributed by atoms with Gasteiger partial charge in [0.15, 0.2) is 5.65 Å². The summed E-state index contributed by atoms with van der Waals surface area (Å²) in [4.78, 5) is 20.6. The van der Waals surface area contributed by atoms with Gasteiger partial charge in [0, 0.05) is 54.4 Å². The number of hydrogen-bond donors (Lipinski definition) is 1. The van der Waals surface area contributed by atoms with Crippen LogP contribution in [-0.2, 0) is 7.05 Å². The van der Waals surface area contributed by atoms with Gasteiger partial charge in [-0.2, -0.15) is 10.2 Å². The lowest BCUT2D eigenvalue weighted by molar-refractivity contribution is 0.0802. The second kappa shape index (κ2) is 8.72. The molecule has 0 aliphatic heterocycles. The highest BCUT2D eigenvalue weighted by atomic mass is 32.1. The fourth-order valence-corrected chi connectivity index (χ4v) is 5.54. The third-order valence-corrected chi connectivity index (χ3v) is 7.77. The number of thiophene rings is 1. The van der Waals surface area contributed by atoms with Gasteiger partial charge in [-0.3, -0.25) is 9.48 Å². The molecule has 0 atom stereocenters. The van der Waals surface area contributed by atoms with Crippen LogP contribution in [0, 0.1) is 0 Å². The number of amides is 1. The molecule has 1 saturated carbocycles. The van der Waals surface area contributed by atoms with E-state index in [0.717, 1.165) is 40.7 Å². The minimum atomic E-state index is -0.0126. The number of carbonyl (C=O) groups is 1. The first-order chi connectivity index (χ1) is 15.9. The minimum Gasteiger partial charge on any atom is -0.349 e. The number of nitrogens with one attached hydrogen (secondary N) is 1. The summed E-state index contributed by atoms with van der Waals surface area (Å²) >= 11 is 1.46. The maximum Gasteiger partial charge on any atom is 0.261 e. The lowest BCUT2D eigenvalue weighted by Gasteiger charge is -2.43. The Kier molecular flexibility index (Phi) is 5.76. The predicted octanol–water partition coefficient (Wildman–Crippen LogP) is 3.85. The van der Waals surface area contributed by atoms with Crippen LogP contribution in [-0.4, -0.2) is 61.4 Å². The molecule has 4 aromatic heterocycles. The van der Waals surface area contributed by atoms with Gasteiger partial charge in [-0.25, -0.2) is 9.50 Å². The second-order valence-electron chi connectivity index (χ2n) is 9.13. The van der Waals surface area contributed by atoms with E-state index in [4.69, 9.17) is 0 Å². The third-order valence-electron chi connectivity index (χ3n) is 6.84. The van der Waals surface area contributed by atoms with E-state index in [-0.39, 0.29) is 11.4 Å². The van der Waals surface area contributed by atoms with Crippen molar-refractivity contribution in [1.29, 1.82) is 0 Å².